The number of morpholine rings is 1. The van der Waals surface area contributed by atoms with E-state index in [0.717, 1.165) is 64.4 Å². The Morgan fingerprint density at radius 2 is 1.93 bits per heavy atom. The Morgan fingerprint density at radius 1 is 1.17 bits per heavy atom. The fraction of sp³-hybridized carbons (Fsp3) is 0.682. The molecule has 5 nitrogen and oxygen atoms in total. The highest BCUT2D eigenvalue weighted by Crippen LogP contribution is 2.44. The van der Waals surface area contributed by atoms with E-state index in [2.05, 4.69) is 17.1 Å². The lowest BCUT2D eigenvalue weighted by atomic mass is 9.64. The molecular formula is C22H33FIN3O2. The summed E-state index contributed by atoms with van der Waals surface area (Å²) in [6.45, 7) is 6.90. The Kier molecular flexibility index (Phi) is 8.15. The van der Waals surface area contributed by atoms with Crippen LogP contribution in [0.15, 0.2) is 29.3 Å². The lowest BCUT2D eigenvalue weighted by Gasteiger charge is -2.42. The van der Waals surface area contributed by atoms with Gasteiger partial charge in [-0.25, -0.2) is 4.39 Å². The molecule has 3 aliphatic rings. The van der Waals surface area contributed by atoms with Crippen LogP contribution in [0.2, 0.25) is 0 Å². The number of guanidine groups is 1. The van der Waals surface area contributed by atoms with Crippen LogP contribution in [0.4, 0.5) is 4.39 Å². The smallest absolute Gasteiger partial charge is 0.194 e. The Balaban J connectivity index is 0.00000240. The summed E-state index contributed by atoms with van der Waals surface area (Å²) in [6.07, 6.45) is 5.98. The first-order valence-corrected chi connectivity index (χ1v) is 10.7. The molecule has 162 valence electrons. The van der Waals surface area contributed by atoms with Crippen molar-refractivity contribution in [2.24, 2.45) is 4.99 Å². The summed E-state index contributed by atoms with van der Waals surface area (Å²) in [5.74, 6) is 0.783. The van der Waals surface area contributed by atoms with E-state index in [1.165, 1.54) is 12.0 Å². The van der Waals surface area contributed by atoms with Gasteiger partial charge in [0.1, 0.15) is 11.9 Å². The molecule has 2 unspecified atom stereocenters. The van der Waals surface area contributed by atoms with Crippen LogP contribution in [0.3, 0.4) is 0 Å². The molecule has 3 fully saturated rings. The average Bonchev–Trinajstić information content (AvgIpc) is 3.22. The monoisotopic (exact) mass is 517 g/mol. The highest BCUT2D eigenvalue weighted by molar-refractivity contribution is 14.0. The molecule has 4 rings (SSSR count). The average molecular weight is 517 g/mol. The minimum atomic E-state index is -0.177. The van der Waals surface area contributed by atoms with Crippen LogP contribution in [-0.4, -0.2) is 62.5 Å². The zero-order valence-corrected chi connectivity index (χ0v) is 19.6. The third-order valence-electron chi connectivity index (χ3n) is 6.41. The summed E-state index contributed by atoms with van der Waals surface area (Å²) in [4.78, 5) is 7.35. The highest BCUT2D eigenvalue weighted by atomic mass is 127. The van der Waals surface area contributed by atoms with Gasteiger partial charge in [-0.15, -0.1) is 24.0 Å². The van der Waals surface area contributed by atoms with Crippen molar-refractivity contribution in [3.8, 4) is 0 Å². The number of hydrogen-bond acceptors (Lipinski definition) is 3. The van der Waals surface area contributed by atoms with E-state index >= 15 is 0 Å². The molecule has 1 aromatic carbocycles. The summed E-state index contributed by atoms with van der Waals surface area (Å²) in [7, 11) is 0. The molecular weight excluding hydrogens is 484 g/mol. The third-order valence-corrected chi connectivity index (χ3v) is 6.41. The number of hydrogen-bond donors (Lipinski definition) is 1. The molecule has 2 heterocycles. The molecule has 1 saturated carbocycles. The number of benzene rings is 1. The van der Waals surface area contributed by atoms with Gasteiger partial charge in [0.2, 0.25) is 0 Å². The van der Waals surface area contributed by atoms with Crippen LogP contribution in [0.5, 0.6) is 0 Å². The molecule has 2 atom stereocenters. The molecule has 29 heavy (non-hydrogen) atoms. The fourth-order valence-electron chi connectivity index (χ4n) is 4.59. The summed E-state index contributed by atoms with van der Waals surface area (Å²) in [6, 6.07) is 7.00. The van der Waals surface area contributed by atoms with Gasteiger partial charge in [0.05, 0.1) is 19.3 Å². The van der Waals surface area contributed by atoms with Crippen LogP contribution >= 0.6 is 24.0 Å². The molecule has 0 amide bonds. The Bertz CT molecular complexity index is 675. The van der Waals surface area contributed by atoms with Crippen molar-refractivity contribution in [3.63, 3.8) is 0 Å². The van der Waals surface area contributed by atoms with Crippen molar-refractivity contribution in [2.75, 3.05) is 39.4 Å². The lowest BCUT2D eigenvalue weighted by molar-refractivity contribution is -0.0817. The Labute approximate surface area is 190 Å². The third kappa shape index (κ3) is 5.22. The van der Waals surface area contributed by atoms with Crippen LogP contribution in [0, 0.1) is 5.82 Å². The maximum atomic E-state index is 13.4. The predicted molar refractivity (Wildman–Crippen MR) is 124 cm³/mol. The van der Waals surface area contributed by atoms with Crippen LogP contribution in [0.25, 0.3) is 0 Å². The van der Waals surface area contributed by atoms with Crippen LogP contribution in [0.1, 0.15) is 44.6 Å². The Morgan fingerprint density at radius 3 is 2.55 bits per heavy atom. The first-order valence-electron chi connectivity index (χ1n) is 10.7. The normalized spacial score (nSPS) is 26.6. The van der Waals surface area contributed by atoms with Gasteiger partial charge in [0.15, 0.2) is 5.96 Å². The van der Waals surface area contributed by atoms with E-state index in [1.54, 1.807) is 12.1 Å². The largest absolute Gasteiger partial charge is 0.375 e. The molecule has 2 aliphatic heterocycles. The summed E-state index contributed by atoms with van der Waals surface area (Å²) in [5, 5.41) is 3.46. The molecule has 0 aromatic heterocycles. The number of aliphatic imine (C=N–C) groups is 1. The van der Waals surface area contributed by atoms with Crippen molar-refractivity contribution >= 4 is 29.9 Å². The fourth-order valence-corrected chi connectivity index (χ4v) is 4.59. The van der Waals surface area contributed by atoms with Gasteiger partial charge in [0, 0.05) is 31.7 Å². The van der Waals surface area contributed by atoms with Gasteiger partial charge in [-0.1, -0.05) is 18.6 Å². The molecule has 7 heteroatoms. The maximum absolute atomic E-state index is 13.4. The van der Waals surface area contributed by atoms with Crippen molar-refractivity contribution < 1.29 is 13.9 Å². The van der Waals surface area contributed by atoms with E-state index in [4.69, 9.17) is 14.5 Å². The topological polar surface area (TPSA) is 46.1 Å². The number of rotatable bonds is 5. The van der Waals surface area contributed by atoms with E-state index in [1.807, 2.05) is 12.1 Å². The van der Waals surface area contributed by atoms with Gasteiger partial charge in [-0.05, 0) is 50.3 Å². The first kappa shape index (κ1) is 22.7. The second kappa shape index (κ2) is 10.4. The first-order chi connectivity index (χ1) is 13.7. The van der Waals surface area contributed by atoms with E-state index in [9.17, 15) is 4.39 Å². The summed E-state index contributed by atoms with van der Waals surface area (Å²) in [5.41, 5.74) is 1.26. The molecule has 0 radical (unpaired) electrons. The SMILES string of the molecule is CCNC(=NCC1(c2ccc(F)cc2)CCC1)N1CCOC(C2CCCO2)C1.I. The minimum Gasteiger partial charge on any atom is -0.375 e. The number of halogens is 2. The molecule has 2 saturated heterocycles. The molecule has 0 bridgehead atoms. The molecule has 1 N–H and O–H groups in total. The second-order valence-electron chi connectivity index (χ2n) is 8.22. The van der Waals surface area contributed by atoms with Crippen LogP contribution < -0.4 is 5.32 Å². The molecule has 1 aromatic rings. The number of ether oxygens (including phenoxy) is 2. The van der Waals surface area contributed by atoms with E-state index in [-0.39, 0.29) is 47.4 Å². The lowest BCUT2D eigenvalue weighted by Crippen LogP contribution is -2.53. The van der Waals surface area contributed by atoms with E-state index in [0.29, 0.717) is 6.61 Å². The van der Waals surface area contributed by atoms with Gasteiger partial charge in [-0.2, -0.15) is 0 Å². The van der Waals surface area contributed by atoms with Gasteiger partial charge >= 0.3 is 0 Å². The van der Waals surface area contributed by atoms with Gasteiger partial charge < -0.3 is 19.7 Å². The summed E-state index contributed by atoms with van der Waals surface area (Å²) >= 11 is 0. The zero-order valence-electron chi connectivity index (χ0n) is 17.2. The summed E-state index contributed by atoms with van der Waals surface area (Å²) < 4.78 is 25.2. The Hall–Kier alpha value is -0.930. The van der Waals surface area contributed by atoms with Crippen molar-refractivity contribution in [3.05, 3.63) is 35.6 Å². The number of nitrogens with one attached hydrogen (secondary N) is 1. The zero-order chi connectivity index (χ0) is 19.4. The van der Waals surface area contributed by atoms with Crippen molar-refractivity contribution in [2.45, 2.75) is 56.7 Å². The van der Waals surface area contributed by atoms with E-state index < -0.39 is 0 Å². The quantitative estimate of drug-likeness (QED) is 0.368. The standard InChI is InChI=1S/C22H32FN3O2.HI/c1-2-24-21(26-12-14-28-20(15-26)19-5-3-13-27-19)25-16-22(10-4-11-22)17-6-8-18(23)9-7-17;/h6-9,19-20H,2-5,10-16H2,1H3,(H,24,25);1H. The predicted octanol–water partition coefficient (Wildman–Crippen LogP) is 3.71. The molecule has 0 spiro atoms. The maximum Gasteiger partial charge on any atom is 0.194 e. The van der Waals surface area contributed by atoms with Gasteiger partial charge in [-0.3, -0.25) is 4.99 Å². The van der Waals surface area contributed by atoms with Crippen LogP contribution in [-0.2, 0) is 14.9 Å². The highest BCUT2D eigenvalue weighted by Gasteiger charge is 2.39. The van der Waals surface area contributed by atoms with Crippen molar-refractivity contribution in [1.82, 2.24) is 10.2 Å². The minimum absolute atomic E-state index is 0. The second-order valence-corrected chi connectivity index (χ2v) is 8.22. The number of nitrogens with zero attached hydrogens (tertiary/aromatic N) is 2. The van der Waals surface area contributed by atoms with Crippen molar-refractivity contribution in [1.29, 1.82) is 0 Å². The molecule has 1 aliphatic carbocycles. The van der Waals surface area contributed by atoms with Gasteiger partial charge in [0.25, 0.3) is 0 Å².